The minimum atomic E-state index is -0.889. The zero-order chi connectivity index (χ0) is 14.8. The van der Waals surface area contributed by atoms with Crippen molar-refractivity contribution >= 4 is 28.8 Å². The first-order valence-corrected chi connectivity index (χ1v) is 8.82. The van der Waals surface area contributed by atoms with E-state index in [-0.39, 0.29) is 0 Å². The van der Waals surface area contributed by atoms with Crippen LogP contribution < -0.4 is 0 Å². The number of unbranched alkanes of at least 4 members (excludes halogenated alkanes) is 1. The second kappa shape index (κ2) is 6.10. The molecule has 0 aliphatic heterocycles. The summed E-state index contributed by atoms with van der Waals surface area (Å²) >= 11 is 1.88. The topological polar surface area (TPSA) is 55.1 Å². The van der Waals surface area contributed by atoms with E-state index in [2.05, 4.69) is 10.8 Å². The van der Waals surface area contributed by atoms with Crippen LogP contribution in [0.1, 0.15) is 47.8 Å². The summed E-state index contributed by atoms with van der Waals surface area (Å²) in [6.45, 7) is 0.981. The van der Waals surface area contributed by atoms with E-state index in [1.165, 1.54) is 25.0 Å². The van der Waals surface area contributed by atoms with Crippen LogP contribution in [0.3, 0.4) is 0 Å². The number of aromatic carboxylic acids is 1. The summed E-state index contributed by atoms with van der Waals surface area (Å²) < 4.78 is 2.30. The molecule has 0 atom stereocenters. The van der Waals surface area contributed by atoms with Crippen LogP contribution in [0.4, 0.5) is 0 Å². The van der Waals surface area contributed by atoms with Crippen molar-refractivity contribution in [1.29, 1.82) is 0 Å². The van der Waals surface area contributed by atoms with Crippen molar-refractivity contribution in [2.75, 3.05) is 12.0 Å². The van der Waals surface area contributed by atoms with Gasteiger partial charge in [0.2, 0.25) is 0 Å². The second-order valence-electron chi connectivity index (χ2n) is 5.60. The maximum absolute atomic E-state index is 11.1. The number of aryl methyl sites for hydroxylation is 1. The molecule has 0 radical (unpaired) electrons. The van der Waals surface area contributed by atoms with Gasteiger partial charge < -0.3 is 9.67 Å². The predicted molar refractivity (Wildman–Crippen MR) is 86.3 cm³/mol. The highest BCUT2D eigenvalue weighted by molar-refractivity contribution is 7.98. The lowest BCUT2D eigenvalue weighted by molar-refractivity contribution is 0.0697. The Hall–Kier alpha value is -1.49. The van der Waals surface area contributed by atoms with Crippen LogP contribution in [-0.4, -0.2) is 32.6 Å². The highest BCUT2D eigenvalue weighted by Gasteiger charge is 2.29. The minimum absolute atomic E-state index is 0.317. The molecule has 1 heterocycles. The molecule has 2 aromatic rings. The van der Waals surface area contributed by atoms with Crippen molar-refractivity contribution in [2.45, 2.75) is 38.1 Å². The molecule has 1 aromatic heterocycles. The van der Waals surface area contributed by atoms with Crippen molar-refractivity contribution in [3.8, 4) is 0 Å². The molecule has 0 amide bonds. The molecule has 112 valence electrons. The molecule has 1 N–H and O–H groups in total. The fourth-order valence-corrected chi connectivity index (χ4v) is 3.18. The van der Waals surface area contributed by atoms with E-state index in [1.54, 1.807) is 12.1 Å². The lowest BCUT2D eigenvalue weighted by atomic mass is 10.2. The van der Waals surface area contributed by atoms with Gasteiger partial charge in [-0.1, -0.05) is 0 Å². The molecular formula is C16H20N2O2S. The van der Waals surface area contributed by atoms with E-state index in [0.717, 1.165) is 29.8 Å². The molecular weight excluding hydrogens is 284 g/mol. The maximum Gasteiger partial charge on any atom is 0.335 e. The van der Waals surface area contributed by atoms with E-state index in [1.807, 2.05) is 17.8 Å². The summed E-state index contributed by atoms with van der Waals surface area (Å²) in [6.07, 6.45) is 6.90. The van der Waals surface area contributed by atoms with Gasteiger partial charge in [-0.05, 0) is 55.9 Å². The van der Waals surface area contributed by atoms with Gasteiger partial charge in [0, 0.05) is 12.5 Å². The molecule has 1 saturated carbocycles. The van der Waals surface area contributed by atoms with Gasteiger partial charge in [-0.15, -0.1) is 0 Å². The van der Waals surface area contributed by atoms with Crippen molar-refractivity contribution in [1.82, 2.24) is 9.55 Å². The molecule has 0 spiro atoms. The molecule has 1 aromatic carbocycles. The molecule has 0 bridgehead atoms. The van der Waals surface area contributed by atoms with Gasteiger partial charge in [-0.2, -0.15) is 11.8 Å². The number of fused-ring (bicyclic) bond motifs is 1. The highest BCUT2D eigenvalue weighted by atomic mass is 32.2. The number of nitrogens with zero attached hydrogens (tertiary/aromatic N) is 2. The third kappa shape index (κ3) is 3.07. The van der Waals surface area contributed by atoms with E-state index >= 15 is 0 Å². The van der Waals surface area contributed by atoms with E-state index in [9.17, 15) is 4.79 Å². The molecule has 1 aliphatic carbocycles. The van der Waals surface area contributed by atoms with Gasteiger partial charge in [0.15, 0.2) is 0 Å². The number of hydrogen-bond donors (Lipinski definition) is 1. The third-order valence-corrected chi connectivity index (χ3v) is 4.64. The zero-order valence-corrected chi connectivity index (χ0v) is 13.0. The number of aromatic nitrogens is 2. The Bertz CT molecular complexity index is 662. The Morgan fingerprint density at radius 1 is 1.43 bits per heavy atom. The van der Waals surface area contributed by atoms with E-state index in [0.29, 0.717) is 11.5 Å². The normalized spacial score (nSPS) is 14.7. The number of thioether (sulfide) groups is 1. The second-order valence-corrected chi connectivity index (χ2v) is 6.59. The fraction of sp³-hybridized carbons (Fsp3) is 0.500. The Kier molecular flexibility index (Phi) is 4.19. The molecule has 5 heteroatoms. The van der Waals surface area contributed by atoms with Crippen LogP contribution >= 0.6 is 11.8 Å². The van der Waals surface area contributed by atoms with Crippen LogP contribution in [-0.2, 0) is 6.54 Å². The van der Waals surface area contributed by atoms with Crippen LogP contribution in [0.15, 0.2) is 18.2 Å². The first kappa shape index (κ1) is 14.4. The Morgan fingerprint density at radius 2 is 2.24 bits per heavy atom. The summed E-state index contributed by atoms with van der Waals surface area (Å²) in [7, 11) is 0. The molecule has 4 nitrogen and oxygen atoms in total. The lowest BCUT2D eigenvalue weighted by Crippen LogP contribution is -2.03. The highest BCUT2D eigenvalue weighted by Crippen LogP contribution is 2.40. The monoisotopic (exact) mass is 304 g/mol. The Labute approximate surface area is 128 Å². The summed E-state index contributed by atoms with van der Waals surface area (Å²) in [5.74, 6) is 2.02. The lowest BCUT2D eigenvalue weighted by Gasteiger charge is -2.08. The SMILES string of the molecule is CSCCCCn1c(C2CC2)nc2cc(C(=O)O)ccc21. The standard InChI is InChI=1S/C16H20N2O2S/c1-21-9-3-2-8-18-14-7-6-12(16(19)20)10-13(14)17-15(18)11-4-5-11/h6-7,10-11H,2-5,8-9H2,1H3,(H,19,20). The van der Waals surface area contributed by atoms with Gasteiger partial charge in [0.05, 0.1) is 16.6 Å². The van der Waals surface area contributed by atoms with Gasteiger partial charge in [0.1, 0.15) is 5.82 Å². The summed E-state index contributed by atoms with van der Waals surface area (Å²) in [6, 6.07) is 5.29. The van der Waals surface area contributed by atoms with Crippen LogP contribution in [0.25, 0.3) is 11.0 Å². The molecule has 0 saturated heterocycles. The van der Waals surface area contributed by atoms with Crippen LogP contribution in [0.5, 0.6) is 0 Å². The average Bonchev–Trinajstić information content (AvgIpc) is 3.25. The minimum Gasteiger partial charge on any atom is -0.478 e. The largest absolute Gasteiger partial charge is 0.478 e. The fourth-order valence-electron chi connectivity index (χ4n) is 2.69. The quantitative estimate of drug-likeness (QED) is 0.791. The van der Waals surface area contributed by atoms with Crippen molar-refractivity contribution < 1.29 is 9.90 Å². The Morgan fingerprint density at radius 3 is 2.90 bits per heavy atom. The van der Waals surface area contributed by atoms with Crippen molar-refractivity contribution in [2.24, 2.45) is 0 Å². The number of hydrogen-bond acceptors (Lipinski definition) is 3. The summed E-state index contributed by atoms with van der Waals surface area (Å²) in [4.78, 5) is 15.8. The first-order chi connectivity index (χ1) is 10.2. The summed E-state index contributed by atoms with van der Waals surface area (Å²) in [5.41, 5.74) is 2.21. The number of carboxylic acid groups (broad SMARTS) is 1. The third-order valence-electron chi connectivity index (χ3n) is 3.95. The number of carboxylic acids is 1. The summed E-state index contributed by atoms with van der Waals surface area (Å²) in [5, 5.41) is 9.11. The number of benzene rings is 1. The van der Waals surface area contributed by atoms with Gasteiger partial charge in [-0.25, -0.2) is 9.78 Å². The molecule has 1 fully saturated rings. The molecule has 0 unspecified atom stereocenters. The number of rotatable bonds is 7. The molecule has 1 aliphatic rings. The number of imidazole rings is 1. The smallest absolute Gasteiger partial charge is 0.335 e. The van der Waals surface area contributed by atoms with E-state index < -0.39 is 5.97 Å². The Balaban J connectivity index is 1.91. The van der Waals surface area contributed by atoms with Gasteiger partial charge in [0.25, 0.3) is 0 Å². The van der Waals surface area contributed by atoms with Crippen molar-refractivity contribution in [3.63, 3.8) is 0 Å². The zero-order valence-electron chi connectivity index (χ0n) is 12.2. The van der Waals surface area contributed by atoms with Gasteiger partial charge >= 0.3 is 5.97 Å². The van der Waals surface area contributed by atoms with E-state index in [4.69, 9.17) is 10.1 Å². The van der Waals surface area contributed by atoms with Crippen molar-refractivity contribution in [3.05, 3.63) is 29.6 Å². The maximum atomic E-state index is 11.1. The number of carbonyl (C=O) groups is 1. The molecule has 21 heavy (non-hydrogen) atoms. The predicted octanol–water partition coefficient (Wildman–Crippen LogP) is 3.76. The van der Waals surface area contributed by atoms with Crippen LogP contribution in [0.2, 0.25) is 0 Å². The van der Waals surface area contributed by atoms with Gasteiger partial charge in [-0.3, -0.25) is 0 Å². The van der Waals surface area contributed by atoms with Crippen LogP contribution in [0, 0.1) is 0 Å². The first-order valence-electron chi connectivity index (χ1n) is 7.43. The molecule has 3 rings (SSSR count). The average molecular weight is 304 g/mol.